The highest BCUT2D eigenvalue weighted by Gasteiger charge is 2.15. The standard InChI is InChI=1S/C21H17N3O2/c1-14-22-20(26-23-14)16-7-9-17(10-8-16)21(25)24(2)19-12-11-15-5-3-4-6-18(15)13-19/h3-13H,1-2H3. The molecule has 1 heterocycles. The number of benzene rings is 3. The van der Waals surface area contributed by atoms with Crippen LogP contribution in [-0.2, 0) is 0 Å². The molecular formula is C21H17N3O2. The van der Waals surface area contributed by atoms with Crippen molar-refractivity contribution >= 4 is 22.4 Å². The molecule has 0 saturated heterocycles. The first-order valence-corrected chi connectivity index (χ1v) is 8.29. The number of nitrogens with zero attached hydrogens (tertiary/aromatic N) is 3. The van der Waals surface area contributed by atoms with Gasteiger partial charge in [-0.2, -0.15) is 4.98 Å². The molecule has 0 saturated carbocycles. The molecule has 1 aromatic heterocycles. The third kappa shape index (κ3) is 2.95. The summed E-state index contributed by atoms with van der Waals surface area (Å²) in [6.45, 7) is 1.77. The topological polar surface area (TPSA) is 59.2 Å². The molecule has 0 spiro atoms. The lowest BCUT2D eigenvalue weighted by Gasteiger charge is -2.18. The Morgan fingerprint density at radius 2 is 1.69 bits per heavy atom. The summed E-state index contributed by atoms with van der Waals surface area (Å²) in [6, 6.07) is 21.3. The van der Waals surface area contributed by atoms with E-state index in [-0.39, 0.29) is 5.91 Å². The average Bonchev–Trinajstić information content (AvgIpc) is 3.13. The maximum atomic E-state index is 12.8. The molecular weight excluding hydrogens is 326 g/mol. The predicted molar refractivity (Wildman–Crippen MR) is 101 cm³/mol. The van der Waals surface area contributed by atoms with Crippen LogP contribution in [-0.4, -0.2) is 23.1 Å². The van der Waals surface area contributed by atoms with Gasteiger partial charge in [0.2, 0.25) is 0 Å². The van der Waals surface area contributed by atoms with Crippen molar-refractivity contribution < 1.29 is 9.32 Å². The number of aromatic nitrogens is 2. The lowest BCUT2D eigenvalue weighted by atomic mass is 10.1. The van der Waals surface area contributed by atoms with Gasteiger partial charge in [0.1, 0.15) is 0 Å². The number of carbonyl (C=O) groups is 1. The fraction of sp³-hybridized carbons (Fsp3) is 0.0952. The number of carbonyl (C=O) groups excluding carboxylic acids is 1. The third-order valence-corrected chi connectivity index (χ3v) is 4.33. The molecule has 5 heteroatoms. The first-order valence-electron chi connectivity index (χ1n) is 8.29. The highest BCUT2D eigenvalue weighted by atomic mass is 16.5. The number of hydrogen-bond acceptors (Lipinski definition) is 4. The second-order valence-corrected chi connectivity index (χ2v) is 6.12. The molecule has 5 nitrogen and oxygen atoms in total. The van der Waals surface area contributed by atoms with E-state index >= 15 is 0 Å². The summed E-state index contributed by atoms with van der Waals surface area (Å²) in [5.41, 5.74) is 2.24. The molecule has 0 aliphatic carbocycles. The van der Waals surface area contributed by atoms with E-state index < -0.39 is 0 Å². The Labute approximate surface area is 150 Å². The SMILES string of the molecule is Cc1noc(-c2ccc(C(=O)N(C)c3ccc4ccccc4c3)cc2)n1. The Morgan fingerprint density at radius 3 is 2.38 bits per heavy atom. The van der Waals surface area contributed by atoms with Gasteiger partial charge in [0, 0.05) is 23.9 Å². The number of anilines is 1. The van der Waals surface area contributed by atoms with Crippen molar-refractivity contribution in [3.05, 3.63) is 78.1 Å². The van der Waals surface area contributed by atoms with Gasteiger partial charge in [0.15, 0.2) is 5.82 Å². The van der Waals surface area contributed by atoms with Gasteiger partial charge < -0.3 is 9.42 Å². The van der Waals surface area contributed by atoms with Crippen molar-refractivity contribution in [1.82, 2.24) is 10.1 Å². The normalized spacial score (nSPS) is 10.8. The Bertz CT molecular complexity index is 1080. The average molecular weight is 343 g/mol. The second kappa shape index (κ2) is 6.44. The molecule has 4 aromatic rings. The van der Waals surface area contributed by atoms with Crippen LogP contribution in [0.5, 0.6) is 0 Å². The van der Waals surface area contributed by atoms with E-state index in [4.69, 9.17) is 4.52 Å². The summed E-state index contributed by atoms with van der Waals surface area (Å²) in [5, 5.41) is 6.03. The first-order chi connectivity index (χ1) is 12.6. The molecule has 0 aliphatic heterocycles. The van der Waals surface area contributed by atoms with E-state index in [0.29, 0.717) is 17.3 Å². The van der Waals surface area contributed by atoms with Gasteiger partial charge in [-0.1, -0.05) is 35.5 Å². The van der Waals surface area contributed by atoms with Crippen LogP contribution >= 0.6 is 0 Å². The monoisotopic (exact) mass is 343 g/mol. The van der Waals surface area contributed by atoms with Crippen molar-refractivity contribution in [2.75, 3.05) is 11.9 Å². The van der Waals surface area contributed by atoms with Crippen molar-refractivity contribution in [2.45, 2.75) is 6.92 Å². The van der Waals surface area contributed by atoms with Crippen molar-refractivity contribution in [3.8, 4) is 11.5 Å². The minimum Gasteiger partial charge on any atom is -0.334 e. The zero-order valence-corrected chi connectivity index (χ0v) is 14.5. The van der Waals surface area contributed by atoms with Gasteiger partial charge in [0.05, 0.1) is 0 Å². The maximum Gasteiger partial charge on any atom is 0.258 e. The van der Waals surface area contributed by atoms with E-state index in [1.165, 1.54) is 0 Å². The van der Waals surface area contributed by atoms with Gasteiger partial charge in [-0.05, 0) is 54.1 Å². The fourth-order valence-corrected chi connectivity index (χ4v) is 2.87. The van der Waals surface area contributed by atoms with E-state index in [9.17, 15) is 4.79 Å². The molecule has 4 rings (SSSR count). The predicted octanol–water partition coefficient (Wildman–Crippen LogP) is 4.47. The molecule has 26 heavy (non-hydrogen) atoms. The summed E-state index contributed by atoms with van der Waals surface area (Å²) in [6.07, 6.45) is 0. The number of aryl methyl sites for hydroxylation is 1. The summed E-state index contributed by atoms with van der Waals surface area (Å²) in [7, 11) is 1.78. The second-order valence-electron chi connectivity index (χ2n) is 6.12. The molecule has 0 fully saturated rings. The minimum absolute atomic E-state index is 0.0754. The highest BCUT2D eigenvalue weighted by Crippen LogP contribution is 2.23. The molecule has 3 aromatic carbocycles. The molecule has 0 aliphatic rings. The van der Waals surface area contributed by atoms with Gasteiger partial charge in [-0.25, -0.2) is 0 Å². The van der Waals surface area contributed by atoms with Crippen molar-refractivity contribution in [3.63, 3.8) is 0 Å². The number of fused-ring (bicyclic) bond motifs is 1. The summed E-state index contributed by atoms with van der Waals surface area (Å²) in [4.78, 5) is 18.7. The summed E-state index contributed by atoms with van der Waals surface area (Å²) in [5.74, 6) is 0.953. The third-order valence-electron chi connectivity index (χ3n) is 4.33. The maximum absolute atomic E-state index is 12.8. The number of hydrogen-bond donors (Lipinski definition) is 0. The van der Waals surface area contributed by atoms with E-state index in [0.717, 1.165) is 22.0 Å². The minimum atomic E-state index is -0.0754. The fourth-order valence-electron chi connectivity index (χ4n) is 2.87. The lowest BCUT2D eigenvalue weighted by molar-refractivity contribution is 0.0993. The van der Waals surface area contributed by atoms with Crippen molar-refractivity contribution in [2.24, 2.45) is 0 Å². The van der Waals surface area contributed by atoms with E-state index in [1.54, 1.807) is 31.0 Å². The van der Waals surface area contributed by atoms with Crippen LogP contribution in [0.3, 0.4) is 0 Å². The summed E-state index contributed by atoms with van der Waals surface area (Å²) < 4.78 is 5.15. The highest BCUT2D eigenvalue weighted by molar-refractivity contribution is 6.06. The molecule has 128 valence electrons. The van der Waals surface area contributed by atoms with Crippen LogP contribution in [0.4, 0.5) is 5.69 Å². The smallest absolute Gasteiger partial charge is 0.258 e. The van der Waals surface area contributed by atoms with Crippen LogP contribution in [0.1, 0.15) is 16.2 Å². The Balaban J connectivity index is 1.59. The van der Waals surface area contributed by atoms with Crippen LogP contribution in [0.25, 0.3) is 22.2 Å². The van der Waals surface area contributed by atoms with Gasteiger partial charge in [-0.15, -0.1) is 0 Å². The molecule has 0 unspecified atom stereocenters. The van der Waals surface area contributed by atoms with Crippen LogP contribution in [0.15, 0.2) is 71.3 Å². The molecule has 0 radical (unpaired) electrons. The van der Waals surface area contributed by atoms with Gasteiger partial charge in [-0.3, -0.25) is 4.79 Å². The Hall–Kier alpha value is -3.47. The van der Waals surface area contributed by atoms with E-state index in [1.807, 2.05) is 48.5 Å². The van der Waals surface area contributed by atoms with Gasteiger partial charge in [0.25, 0.3) is 11.8 Å². The Morgan fingerprint density at radius 1 is 0.962 bits per heavy atom. The quantitative estimate of drug-likeness (QED) is 0.550. The largest absolute Gasteiger partial charge is 0.334 e. The van der Waals surface area contributed by atoms with Crippen LogP contribution in [0, 0.1) is 6.92 Å². The molecule has 0 atom stereocenters. The molecule has 0 bridgehead atoms. The number of rotatable bonds is 3. The Kier molecular flexibility index (Phi) is 3.97. The van der Waals surface area contributed by atoms with Crippen LogP contribution < -0.4 is 4.90 Å². The van der Waals surface area contributed by atoms with Gasteiger partial charge >= 0.3 is 0 Å². The molecule has 0 N–H and O–H groups in total. The first kappa shape index (κ1) is 16.0. The zero-order chi connectivity index (χ0) is 18.1. The lowest BCUT2D eigenvalue weighted by Crippen LogP contribution is -2.26. The van der Waals surface area contributed by atoms with Crippen molar-refractivity contribution in [1.29, 1.82) is 0 Å². The number of amides is 1. The zero-order valence-electron chi connectivity index (χ0n) is 14.5. The van der Waals surface area contributed by atoms with E-state index in [2.05, 4.69) is 16.2 Å². The summed E-state index contributed by atoms with van der Waals surface area (Å²) >= 11 is 0. The molecule has 1 amide bonds. The van der Waals surface area contributed by atoms with Crippen LogP contribution in [0.2, 0.25) is 0 Å².